The maximum absolute atomic E-state index is 4.36. The van der Waals surface area contributed by atoms with Gasteiger partial charge < -0.3 is 5.32 Å². The average Bonchev–Trinajstić information content (AvgIpc) is 2.45. The molecule has 0 aromatic carbocycles. The summed E-state index contributed by atoms with van der Waals surface area (Å²) in [5.41, 5.74) is 4.80. The van der Waals surface area contributed by atoms with Crippen LogP contribution in [0, 0.1) is 42.1 Å². The van der Waals surface area contributed by atoms with E-state index in [1.165, 1.54) is 44.9 Å². The van der Waals surface area contributed by atoms with Crippen LogP contribution in [-0.4, -0.2) is 5.54 Å². The molecule has 0 radical (unpaired) electrons. The molecule has 0 heterocycles. The lowest BCUT2D eigenvalue weighted by atomic mass is 9.45. The Hall–Kier alpha value is -0.300. The lowest BCUT2D eigenvalue weighted by Gasteiger charge is -2.62. The van der Waals surface area contributed by atoms with Crippen molar-refractivity contribution in [3.8, 4) is 0 Å². The van der Waals surface area contributed by atoms with Crippen LogP contribution in [0.5, 0.6) is 0 Å². The number of rotatable bonds is 1. The van der Waals surface area contributed by atoms with Crippen molar-refractivity contribution in [2.45, 2.75) is 78.2 Å². The third kappa shape index (κ3) is 1.93. The van der Waals surface area contributed by atoms with E-state index < -0.39 is 0 Å². The van der Waals surface area contributed by atoms with Crippen LogP contribution in [0.15, 0.2) is 11.1 Å². The van der Waals surface area contributed by atoms with Crippen molar-refractivity contribution in [2.75, 3.05) is 0 Å². The van der Waals surface area contributed by atoms with E-state index >= 15 is 0 Å². The summed E-state index contributed by atoms with van der Waals surface area (Å²) in [5, 5.41) is 2.41. The Bertz CT molecular complexity index is 502. The minimum atomic E-state index is 0.427. The first kappa shape index (κ1) is 15.2. The van der Waals surface area contributed by atoms with Crippen molar-refractivity contribution in [2.24, 2.45) is 35.0 Å². The molecule has 4 aliphatic rings. The second-order valence-electron chi connectivity index (χ2n) is 9.95. The largest absolute Gasteiger partial charge is 0.473 e. The summed E-state index contributed by atoms with van der Waals surface area (Å²) in [6, 6.07) is 0. The highest BCUT2D eigenvalue weighted by Gasteiger charge is 2.59. The van der Waals surface area contributed by atoms with Crippen molar-refractivity contribution in [3.63, 3.8) is 0 Å². The molecule has 2 saturated carbocycles. The van der Waals surface area contributed by atoms with Gasteiger partial charge in [-0.15, -0.1) is 0 Å². The molecule has 0 aromatic heterocycles. The molecule has 0 spiro atoms. The van der Waals surface area contributed by atoms with E-state index in [2.05, 4.69) is 40.1 Å². The molecule has 0 amide bonds. The molecule has 2 fully saturated rings. The van der Waals surface area contributed by atoms with Crippen LogP contribution in [0.25, 0.3) is 0 Å². The van der Waals surface area contributed by atoms with Gasteiger partial charge in [0.25, 0.3) is 0 Å². The molecule has 0 aliphatic heterocycles. The van der Waals surface area contributed by atoms with Gasteiger partial charge in [0.2, 0.25) is 0 Å². The first-order valence-electron chi connectivity index (χ1n) is 9.73. The Labute approximate surface area is 137 Å². The van der Waals surface area contributed by atoms with Gasteiger partial charge in [-0.2, -0.15) is 7.05 Å². The maximum atomic E-state index is 4.36. The quantitative estimate of drug-likeness (QED) is 0.549. The van der Waals surface area contributed by atoms with Gasteiger partial charge in [0.1, 0.15) is 0 Å². The zero-order valence-corrected chi connectivity index (χ0v) is 15.1. The Kier molecular flexibility index (Phi) is 3.36. The number of quaternary nitrogens is 1. The van der Waals surface area contributed by atoms with Gasteiger partial charge in [-0.1, -0.05) is 38.8 Å². The van der Waals surface area contributed by atoms with E-state index in [1.807, 2.05) is 11.1 Å². The van der Waals surface area contributed by atoms with E-state index in [1.54, 1.807) is 0 Å². The molecule has 2 N–H and O–H groups in total. The van der Waals surface area contributed by atoms with Gasteiger partial charge in [-0.3, -0.25) is 0 Å². The first-order valence-corrected chi connectivity index (χ1v) is 9.73. The number of hydrogen-bond acceptors (Lipinski definition) is 0. The van der Waals surface area contributed by atoms with E-state index in [9.17, 15) is 0 Å². The minimum Gasteiger partial charge on any atom is -0.473 e. The zero-order valence-electron chi connectivity index (χ0n) is 15.1. The van der Waals surface area contributed by atoms with Gasteiger partial charge in [0.05, 0.1) is 5.54 Å². The molecule has 6 atom stereocenters. The highest BCUT2D eigenvalue weighted by Crippen LogP contribution is 2.62. The van der Waals surface area contributed by atoms with Gasteiger partial charge in [0, 0.05) is 18.3 Å². The molecule has 1 nitrogen and oxygen atoms in total. The van der Waals surface area contributed by atoms with Gasteiger partial charge in [-0.05, 0) is 61.7 Å². The normalized spacial score (nSPS) is 49.8. The van der Waals surface area contributed by atoms with Crippen LogP contribution in [-0.2, 0) is 0 Å². The summed E-state index contributed by atoms with van der Waals surface area (Å²) in [5.74, 6) is 4.43. The van der Waals surface area contributed by atoms with Crippen LogP contribution in [0.1, 0.15) is 72.6 Å². The Balaban J connectivity index is 1.85. The summed E-state index contributed by atoms with van der Waals surface area (Å²) in [6.07, 6.45) is 9.91. The van der Waals surface area contributed by atoms with Crippen molar-refractivity contribution < 1.29 is 5.32 Å². The molecule has 6 unspecified atom stereocenters. The van der Waals surface area contributed by atoms with E-state index in [-0.39, 0.29) is 0 Å². The minimum absolute atomic E-state index is 0.427. The van der Waals surface area contributed by atoms with Crippen LogP contribution >= 0.6 is 0 Å². The average molecular weight is 302 g/mol. The highest BCUT2D eigenvalue weighted by atomic mass is 15.0. The second-order valence-corrected chi connectivity index (χ2v) is 9.95. The summed E-state index contributed by atoms with van der Waals surface area (Å²) < 4.78 is 0. The molecule has 0 aromatic rings. The third-order valence-electron chi connectivity index (χ3n) is 8.16. The number of nitrogens with two attached hydrogens (primary N) is 1. The number of hydrogen-bond donors (Lipinski definition) is 1. The molecule has 0 saturated heterocycles. The standard InChI is InChI=1S/C21H35N/c1-13-10-16-12-20(3,4)11-15-8-9-21(22-5)14(2)6-7-17(13)19(21)18(15)16/h13-14,16-17,19H,5-12,22H2,1-4H3. The van der Waals surface area contributed by atoms with E-state index in [0.29, 0.717) is 11.0 Å². The monoisotopic (exact) mass is 301 g/mol. The van der Waals surface area contributed by atoms with Crippen molar-refractivity contribution in [1.82, 2.24) is 0 Å². The molecular formula is C21H35N. The summed E-state index contributed by atoms with van der Waals surface area (Å²) >= 11 is 0. The van der Waals surface area contributed by atoms with Gasteiger partial charge in [0.15, 0.2) is 0 Å². The van der Waals surface area contributed by atoms with Gasteiger partial charge in [-0.25, -0.2) is 0 Å². The molecule has 4 rings (SSSR count). The van der Waals surface area contributed by atoms with Crippen molar-refractivity contribution in [3.05, 3.63) is 18.2 Å². The van der Waals surface area contributed by atoms with Crippen LogP contribution < -0.4 is 5.32 Å². The Morgan fingerprint density at radius 1 is 1.18 bits per heavy atom. The van der Waals surface area contributed by atoms with Crippen LogP contribution in [0.4, 0.5) is 0 Å². The fraction of sp³-hybridized carbons (Fsp3) is 0.857. The summed E-state index contributed by atoms with van der Waals surface area (Å²) in [4.78, 5) is 0. The molecule has 0 bridgehead atoms. The second kappa shape index (κ2) is 4.85. The smallest absolute Gasteiger partial charge is 0.0821 e. The summed E-state index contributed by atoms with van der Waals surface area (Å²) in [7, 11) is 4.36. The molecule has 4 aliphatic carbocycles. The SMILES string of the molecule is [CH2-][NH2+]C12CCC3=C4C(CC(C)C(CCC1C)C42)CC(C)(C)C3. The topological polar surface area (TPSA) is 16.6 Å². The van der Waals surface area contributed by atoms with Crippen LogP contribution in [0.3, 0.4) is 0 Å². The fourth-order valence-electron chi connectivity index (χ4n) is 7.27. The zero-order chi connectivity index (χ0) is 15.7. The molecule has 124 valence electrons. The maximum Gasteiger partial charge on any atom is 0.0821 e. The van der Waals surface area contributed by atoms with E-state index in [4.69, 9.17) is 0 Å². The fourth-order valence-corrected chi connectivity index (χ4v) is 7.27. The van der Waals surface area contributed by atoms with Crippen LogP contribution in [0.2, 0.25) is 0 Å². The molecule has 22 heavy (non-hydrogen) atoms. The predicted octanol–water partition coefficient (Wildman–Crippen LogP) is 4.31. The predicted molar refractivity (Wildman–Crippen MR) is 91.9 cm³/mol. The lowest BCUT2D eigenvalue weighted by molar-refractivity contribution is -0.699. The third-order valence-corrected chi connectivity index (χ3v) is 8.16. The van der Waals surface area contributed by atoms with Crippen molar-refractivity contribution >= 4 is 0 Å². The lowest BCUT2D eigenvalue weighted by Crippen LogP contribution is -2.97. The Morgan fingerprint density at radius 2 is 1.95 bits per heavy atom. The molecule has 1 heteroatoms. The first-order chi connectivity index (χ1) is 10.4. The van der Waals surface area contributed by atoms with Crippen molar-refractivity contribution in [1.29, 1.82) is 0 Å². The Morgan fingerprint density at radius 3 is 2.68 bits per heavy atom. The molecular weight excluding hydrogens is 266 g/mol. The van der Waals surface area contributed by atoms with Gasteiger partial charge >= 0.3 is 0 Å². The number of allylic oxidation sites excluding steroid dienone is 1. The highest BCUT2D eigenvalue weighted by molar-refractivity contribution is 5.34. The summed E-state index contributed by atoms with van der Waals surface area (Å²) in [6.45, 7) is 10.1. The van der Waals surface area contributed by atoms with E-state index in [0.717, 1.165) is 29.6 Å².